The number of halogens is 5. The summed E-state index contributed by atoms with van der Waals surface area (Å²) in [6.45, 7) is 0. The van der Waals surface area contributed by atoms with Gasteiger partial charge in [-0.2, -0.15) is 0 Å². The first-order chi connectivity index (χ1) is 29.4. The highest BCUT2D eigenvalue weighted by atomic mass is 35.5. The van der Waals surface area contributed by atoms with Crippen LogP contribution in [0.1, 0.15) is 127 Å². The minimum Gasteiger partial charge on any atom is -0.328 e. The van der Waals surface area contributed by atoms with Crippen LogP contribution in [-0.4, -0.2) is 27.0 Å². The van der Waals surface area contributed by atoms with Gasteiger partial charge in [0, 0.05) is 56.8 Å². The second-order valence-corrected chi connectivity index (χ2v) is 19.2. The Morgan fingerprint density at radius 1 is 0.607 bits per heavy atom. The topological polar surface area (TPSA) is 85.9 Å². The Hall–Kier alpha value is -4.27. The van der Waals surface area contributed by atoms with Gasteiger partial charge < -0.3 is 5.73 Å². The first kappa shape index (κ1) is 43.4. The maximum atomic E-state index is 13.8. The van der Waals surface area contributed by atoms with E-state index in [2.05, 4.69) is 22.1 Å². The zero-order chi connectivity index (χ0) is 42.7. The lowest BCUT2D eigenvalue weighted by molar-refractivity contribution is 0.00732. The average Bonchev–Trinajstić information content (AvgIpc) is 3.24. The van der Waals surface area contributed by atoms with Crippen molar-refractivity contribution in [3.63, 3.8) is 0 Å². The Morgan fingerprint density at radius 2 is 1.03 bits per heavy atom. The Morgan fingerprint density at radius 3 is 1.46 bits per heavy atom. The van der Waals surface area contributed by atoms with Gasteiger partial charge in [0.05, 0.1) is 11.0 Å². The van der Waals surface area contributed by atoms with Gasteiger partial charge in [0.15, 0.2) is 5.78 Å². The second kappa shape index (κ2) is 18.6. The first-order valence-corrected chi connectivity index (χ1v) is 22.6. The molecule has 2 N–H and O–H groups in total. The summed E-state index contributed by atoms with van der Waals surface area (Å²) in [6, 6.07) is 28.0. The summed E-state index contributed by atoms with van der Waals surface area (Å²) in [6.07, 6.45) is 18.7. The number of fused-ring (bicyclic) bond motifs is 2. The van der Waals surface area contributed by atoms with Crippen LogP contribution in [-0.2, 0) is 0 Å². The fourth-order valence-electron chi connectivity index (χ4n) is 10.8. The molecule has 5 nitrogen and oxygen atoms in total. The number of ketones is 1. The summed E-state index contributed by atoms with van der Waals surface area (Å²) >= 11 is 16.7. The number of rotatable bonds is 6. The molecule has 4 saturated carbocycles. The Balaban J connectivity index is 0.000000143. The van der Waals surface area contributed by atoms with Crippen molar-refractivity contribution in [2.75, 3.05) is 0 Å². The molecule has 316 valence electrons. The molecule has 2 spiro atoms. The molecule has 4 aliphatic rings. The molecular formula is C51H50Cl3F2N3O2. The van der Waals surface area contributed by atoms with Crippen LogP contribution in [0.15, 0.2) is 109 Å². The van der Waals surface area contributed by atoms with E-state index in [1.54, 1.807) is 60.7 Å². The van der Waals surface area contributed by atoms with Crippen LogP contribution in [0.3, 0.4) is 0 Å². The van der Waals surface area contributed by atoms with Crippen molar-refractivity contribution >= 4 is 67.6 Å². The van der Waals surface area contributed by atoms with Crippen LogP contribution in [0.5, 0.6) is 0 Å². The monoisotopic (exact) mass is 879 g/mol. The minimum atomic E-state index is -0.461. The molecule has 4 aromatic carbocycles. The zero-order valence-corrected chi connectivity index (χ0v) is 36.3. The molecule has 0 saturated heterocycles. The highest BCUT2D eigenvalue weighted by molar-refractivity contribution is 6.67. The number of Topliss-reactive ketones (excluding diaryl/α,β-unsaturated/α-hetero) is 1. The summed E-state index contributed by atoms with van der Waals surface area (Å²) < 4.78 is 27.4. The van der Waals surface area contributed by atoms with E-state index in [0.29, 0.717) is 56.7 Å². The number of hydrogen-bond acceptors (Lipinski definition) is 5. The smallest absolute Gasteiger partial charge is 0.252 e. The highest BCUT2D eigenvalue weighted by Crippen LogP contribution is 2.58. The molecule has 0 radical (unpaired) electrons. The summed E-state index contributed by atoms with van der Waals surface area (Å²) in [5, 5.41) is 2.75. The van der Waals surface area contributed by atoms with E-state index in [0.717, 1.165) is 53.1 Å². The summed E-state index contributed by atoms with van der Waals surface area (Å²) in [5.41, 5.74) is 12.4. The van der Waals surface area contributed by atoms with Crippen LogP contribution in [0.25, 0.3) is 21.8 Å². The number of benzene rings is 4. The van der Waals surface area contributed by atoms with Crippen molar-refractivity contribution in [2.24, 2.45) is 22.5 Å². The van der Waals surface area contributed by atoms with Crippen molar-refractivity contribution in [1.82, 2.24) is 9.97 Å². The van der Waals surface area contributed by atoms with Gasteiger partial charge >= 0.3 is 0 Å². The number of nitrogens with two attached hydrogens (primary N) is 1. The van der Waals surface area contributed by atoms with E-state index in [1.807, 2.05) is 24.5 Å². The number of pyridine rings is 2. The van der Waals surface area contributed by atoms with Gasteiger partial charge in [0.2, 0.25) is 0 Å². The molecule has 0 bridgehead atoms. The number of aromatic nitrogens is 2. The third-order valence-corrected chi connectivity index (χ3v) is 14.7. The molecule has 2 heterocycles. The molecular weight excluding hydrogens is 831 g/mol. The number of carbonyl (C=O) groups excluding carboxylic acids is 2. The first-order valence-electron chi connectivity index (χ1n) is 21.4. The van der Waals surface area contributed by atoms with Crippen LogP contribution in [0, 0.1) is 28.4 Å². The van der Waals surface area contributed by atoms with Crippen LogP contribution in [0.4, 0.5) is 8.78 Å². The fraction of sp³-hybridized carbons (Fsp3) is 0.373. The highest BCUT2D eigenvalue weighted by Gasteiger charge is 2.47. The molecule has 0 aliphatic heterocycles. The zero-order valence-electron chi connectivity index (χ0n) is 34.1. The molecule has 0 amide bonds. The molecule has 61 heavy (non-hydrogen) atoms. The molecule has 2 aromatic heterocycles. The lowest BCUT2D eigenvalue weighted by atomic mass is 9.53. The van der Waals surface area contributed by atoms with Crippen molar-refractivity contribution in [3.05, 3.63) is 153 Å². The van der Waals surface area contributed by atoms with E-state index in [-0.39, 0.29) is 17.4 Å². The lowest BCUT2D eigenvalue weighted by Crippen LogP contribution is -2.47. The number of nitrogens with zero attached hydrogens (tertiary/aromatic N) is 2. The molecule has 4 aliphatic carbocycles. The Kier molecular flexibility index (Phi) is 13.2. The largest absolute Gasteiger partial charge is 0.328 e. The third-order valence-electron chi connectivity index (χ3n) is 14.0. The lowest BCUT2D eigenvalue weighted by Gasteiger charge is -2.52. The van der Waals surface area contributed by atoms with Gasteiger partial charge in [-0.3, -0.25) is 19.6 Å². The van der Waals surface area contributed by atoms with E-state index < -0.39 is 5.24 Å². The van der Waals surface area contributed by atoms with Crippen LogP contribution in [0.2, 0.25) is 10.0 Å². The summed E-state index contributed by atoms with van der Waals surface area (Å²) in [5.74, 6) is 1.37. The van der Waals surface area contributed by atoms with Gasteiger partial charge in [-0.25, -0.2) is 8.78 Å². The molecule has 0 unspecified atom stereocenters. The van der Waals surface area contributed by atoms with Gasteiger partial charge in [-0.15, -0.1) is 0 Å². The van der Waals surface area contributed by atoms with Crippen molar-refractivity contribution in [1.29, 1.82) is 0 Å². The SMILES string of the molecule is NC1CC2(CCC(c3ccnc4ccc(F)cc34)CC2)C1.O=C(CC1CC2(CCC(c3ccnc4ccc(F)cc34)CC2)C1)c1ccc(Cl)cc1.O=C(Cl)c1ccc(Cl)cc1. The minimum absolute atomic E-state index is 0.172. The predicted molar refractivity (Wildman–Crippen MR) is 243 cm³/mol. The third kappa shape index (κ3) is 10.2. The maximum absolute atomic E-state index is 13.8. The molecule has 10 rings (SSSR count). The van der Waals surface area contributed by atoms with Crippen LogP contribution < -0.4 is 5.73 Å². The quantitative estimate of drug-likeness (QED) is 0.133. The normalized spacial score (nSPS) is 25.4. The average molecular weight is 881 g/mol. The number of carbonyl (C=O) groups is 2. The van der Waals surface area contributed by atoms with Gasteiger partial charge in [-0.05, 0) is 225 Å². The van der Waals surface area contributed by atoms with Crippen molar-refractivity contribution < 1.29 is 18.4 Å². The Labute approximate surface area is 371 Å². The van der Waals surface area contributed by atoms with Crippen molar-refractivity contribution in [2.45, 2.75) is 101 Å². The fourth-order valence-corrected chi connectivity index (χ4v) is 11.2. The van der Waals surface area contributed by atoms with Gasteiger partial charge in [0.1, 0.15) is 11.6 Å². The van der Waals surface area contributed by atoms with Gasteiger partial charge in [-0.1, -0.05) is 23.2 Å². The Bertz CT molecular complexity index is 2500. The van der Waals surface area contributed by atoms with Crippen LogP contribution >= 0.6 is 34.8 Å². The molecule has 6 aromatic rings. The molecule has 0 atom stereocenters. The number of hydrogen-bond donors (Lipinski definition) is 1. The van der Waals surface area contributed by atoms with Crippen molar-refractivity contribution in [3.8, 4) is 0 Å². The van der Waals surface area contributed by atoms with E-state index in [9.17, 15) is 18.4 Å². The van der Waals surface area contributed by atoms with E-state index >= 15 is 0 Å². The second-order valence-electron chi connectivity index (χ2n) is 18.0. The summed E-state index contributed by atoms with van der Waals surface area (Å²) in [7, 11) is 0. The van der Waals surface area contributed by atoms with Gasteiger partial charge in [0.25, 0.3) is 5.24 Å². The maximum Gasteiger partial charge on any atom is 0.252 e. The summed E-state index contributed by atoms with van der Waals surface area (Å²) in [4.78, 5) is 31.8. The molecule has 4 fully saturated rings. The standard InChI is InChI=1S/C26H25ClFNO.C18H21FN2.C7H4Cl2O/c27-20-3-1-19(2-4-20)25(30)13-17-15-26(16-17)10-7-18(8-11-26)22-9-12-29-24-6-5-21(28)14-23(22)24;19-13-1-2-17-16(9-13)15(5-8-21-17)12-3-6-18(7-4-12)10-14(20)11-18;8-6-3-1-5(2-4-6)7(9)10/h1-6,9,12,14,17-18H,7-8,10-11,13,15-16H2;1-2,5,8-9,12,14H,3-4,6-7,10-11,20H2;1-4H. The van der Waals surface area contributed by atoms with E-state index in [1.165, 1.54) is 74.6 Å². The predicted octanol–water partition coefficient (Wildman–Crippen LogP) is 14.2. The molecule has 10 heteroatoms. The van der Waals surface area contributed by atoms with E-state index in [4.69, 9.17) is 40.5 Å².